The Morgan fingerprint density at radius 2 is 1.89 bits per heavy atom. The topological polar surface area (TPSA) is 32.3 Å². The van der Waals surface area contributed by atoms with E-state index in [4.69, 9.17) is 0 Å². The van der Waals surface area contributed by atoms with Crippen molar-refractivity contribution in [1.82, 2.24) is 5.32 Å². The molecule has 19 heavy (non-hydrogen) atoms. The van der Waals surface area contributed by atoms with Crippen LogP contribution in [0, 0.1) is 0 Å². The molecule has 0 heterocycles. The maximum absolute atomic E-state index is 10.3. The van der Waals surface area contributed by atoms with Crippen molar-refractivity contribution in [3.05, 3.63) is 34.3 Å². The molecule has 0 spiro atoms. The first kappa shape index (κ1) is 13.6. The van der Waals surface area contributed by atoms with Gasteiger partial charge >= 0.3 is 0 Å². The van der Waals surface area contributed by atoms with Crippen molar-refractivity contribution >= 4 is 15.9 Å². The van der Waals surface area contributed by atoms with Gasteiger partial charge in [-0.3, -0.25) is 0 Å². The fourth-order valence-corrected chi connectivity index (χ4v) is 4.00. The van der Waals surface area contributed by atoms with Gasteiger partial charge in [-0.2, -0.15) is 0 Å². The van der Waals surface area contributed by atoms with Gasteiger partial charge in [-0.15, -0.1) is 0 Å². The quantitative estimate of drug-likeness (QED) is 0.887. The van der Waals surface area contributed by atoms with Crippen molar-refractivity contribution in [2.75, 3.05) is 6.54 Å². The van der Waals surface area contributed by atoms with Gasteiger partial charge in [0.25, 0.3) is 0 Å². The highest BCUT2D eigenvalue weighted by molar-refractivity contribution is 9.10. The Morgan fingerprint density at radius 3 is 2.58 bits per heavy atom. The van der Waals surface area contributed by atoms with E-state index in [2.05, 4.69) is 45.5 Å². The lowest BCUT2D eigenvalue weighted by Gasteiger charge is -2.38. The third-order valence-electron chi connectivity index (χ3n) is 4.74. The van der Waals surface area contributed by atoms with Crippen LogP contribution in [0.25, 0.3) is 0 Å². The second-order valence-electron chi connectivity index (χ2n) is 6.20. The third kappa shape index (κ3) is 3.04. The van der Waals surface area contributed by atoms with E-state index in [1.807, 2.05) is 0 Å². The average Bonchev–Trinajstić information content (AvgIpc) is 2.77. The summed E-state index contributed by atoms with van der Waals surface area (Å²) in [6, 6.07) is 9.11. The monoisotopic (exact) mass is 323 g/mol. The van der Waals surface area contributed by atoms with Crippen molar-refractivity contribution in [2.45, 2.75) is 56.1 Å². The van der Waals surface area contributed by atoms with Crippen LogP contribution in [-0.2, 0) is 0 Å². The molecule has 2 N–H and O–H groups in total. The molecule has 2 aliphatic rings. The molecule has 0 unspecified atom stereocenters. The number of hydrogen-bond acceptors (Lipinski definition) is 2. The van der Waals surface area contributed by atoms with E-state index in [0.29, 0.717) is 12.0 Å². The summed E-state index contributed by atoms with van der Waals surface area (Å²) in [6.07, 6.45) is 6.70. The van der Waals surface area contributed by atoms with E-state index >= 15 is 0 Å². The molecule has 104 valence electrons. The van der Waals surface area contributed by atoms with Crippen LogP contribution in [0.3, 0.4) is 0 Å². The molecule has 0 atom stereocenters. The zero-order valence-corrected chi connectivity index (χ0v) is 12.8. The smallest absolute Gasteiger partial charge is 0.0771 e. The minimum Gasteiger partial charge on any atom is -0.389 e. The first-order valence-electron chi connectivity index (χ1n) is 7.36. The largest absolute Gasteiger partial charge is 0.389 e. The molecule has 2 aliphatic carbocycles. The van der Waals surface area contributed by atoms with Gasteiger partial charge < -0.3 is 10.4 Å². The molecule has 0 bridgehead atoms. The van der Waals surface area contributed by atoms with Crippen LogP contribution in [0.1, 0.15) is 50.0 Å². The second kappa shape index (κ2) is 5.55. The summed E-state index contributed by atoms with van der Waals surface area (Å²) in [5, 5.41) is 13.9. The van der Waals surface area contributed by atoms with Crippen LogP contribution >= 0.6 is 15.9 Å². The SMILES string of the molecule is OC1(CNC2CC(c3ccccc3Br)C2)CCCC1. The fourth-order valence-electron chi connectivity index (χ4n) is 3.39. The molecule has 2 nitrogen and oxygen atoms in total. The van der Waals surface area contributed by atoms with Crippen molar-refractivity contribution in [1.29, 1.82) is 0 Å². The lowest BCUT2D eigenvalue weighted by molar-refractivity contribution is 0.0405. The van der Waals surface area contributed by atoms with Crippen molar-refractivity contribution < 1.29 is 5.11 Å². The summed E-state index contributed by atoms with van der Waals surface area (Å²) in [5.74, 6) is 0.672. The lowest BCUT2D eigenvalue weighted by Crippen LogP contribution is -2.47. The number of hydrogen-bond donors (Lipinski definition) is 2. The Hall–Kier alpha value is -0.380. The van der Waals surface area contributed by atoms with Gasteiger partial charge in [0.2, 0.25) is 0 Å². The van der Waals surface area contributed by atoms with Gasteiger partial charge in [-0.25, -0.2) is 0 Å². The molecule has 2 fully saturated rings. The summed E-state index contributed by atoms with van der Waals surface area (Å²) < 4.78 is 1.23. The maximum Gasteiger partial charge on any atom is 0.0771 e. The van der Waals surface area contributed by atoms with Gasteiger partial charge in [0.1, 0.15) is 0 Å². The second-order valence-corrected chi connectivity index (χ2v) is 7.05. The fraction of sp³-hybridized carbons (Fsp3) is 0.625. The number of aliphatic hydroxyl groups is 1. The summed E-state index contributed by atoms with van der Waals surface area (Å²) >= 11 is 3.63. The van der Waals surface area contributed by atoms with E-state index in [1.165, 1.54) is 35.7 Å². The van der Waals surface area contributed by atoms with Gasteiger partial charge in [-0.1, -0.05) is 47.0 Å². The first-order valence-corrected chi connectivity index (χ1v) is 8.16. The molecule has 0 saturated heterocycles. The van der Waals surface area contributed by atoms with Crippen LogP contribution in [0.2, 0.25) is 0 Å². The van der Waals surface area contributed by atoms with E-state index in [9.17, 15) is 5.11 Å². The summed E-state index contributed by atoms with van der Waals surface area (Å²) in [4.78, 5) is 0. The Balaban J connectivity index is 1.47. The van der Waals surface area contributed by atoms with Gasteiger partial charge in [0.05, 0.1) is 5.60 Å². The molecule has 3 rings (SSSR count). The Morgan fingerprint density at radius 1 is 1.21 bits per heavy atom. The van der Waals surface area contributed by atoms with Gasteiger partial charge in [0.15, 0.2) is 0 Å². The van der Waals surface area contributed by atoms with Crippen LogP contribution in [0.5, 0.6) is 0 Å². The molecular formula is C16H22BrNO. The predicted octanol–water partition coefficient (Wildman–Crippen LogP) is 3.59. The summed E-state index contributed by atoms with van der Waals surface area (Å²) in [7, 11) is 0. The lowest BCUT2D eigenvalue weighted by atomic mass is 9.75. The minimum atomic E-state index is -0.418. The molecule has 1 aromatic rings. The van der Waals surface area contributed by atoms with Crippen LogP contribution < -0.4 is 5.32 Å². The normalized spacial score (nSPS) is 29.2. The molecule has 2 saturated carbocycles. The van der Waals surface area contributed by atoms with E-state index in [1.54, 1.807) is 0 Å². The van der Waals surface area contributed by atoms with Gasteiger partial charge in [-0.05, 0) is 43.2 Å². The zero-order valence-electron chi connectivity index (χ0n) is 11.2. The Labute approximate surface area is 123 Å². The highest BCUT2D eigenvalue weighted by atomic mass is 79.9. The van der Waals surface area contributed by atoms with Crippen LogP contribution in [0.4, 0.5) is 0 Å². The van der Waals surface area contributed by atoms with Crippen molar-refractivity contribution in [3.8, 4) is 0 Å². The predicted molar refractivity (Wildman–Crippen MR) is 81.3 cm³/mol. The van der Waals surface area contributed by atoms with E-state index in [-0.39, 0.29) is 0 Å². The average molecular weight is 324 g/mol. The molecule has 0 amide bonds. The highest BCUT2D eigenvalue weighted by Crippen LogP contribution is 2.40. The third-order valence-corrected chi connectivity index (χ3v) is 5.46. The van der Waals surface area contributed by atoms with E-state index in [0.717, 1.165) is 19.4 Å². The van der Waals surface area contributed by atoms with Crippen LogP contribution in [0.15, 0.2) is 28.7 Å². The molecule has 3 heteroatoms. The number of halogens is 1. The molecule has 0 aliphatic heterocycles. The van der Waals surface area contributed by atoms with Gasteiger partial charge in [0, 0.05) is 17.1 Å². The summed E-state index contributed by atoms with van der Waals surface area (Å²) in [6.45, 7) is 0.778. The summed E-state index contributed by atoms with van der Waals surface area (Å²) in [5.41, 5.74) is 1.01. The Kier molecular flexibility index (Phi) is 3.97. The molecule has 0 radical (unpaired) electrons. The number of benzene rings is 1. The first-order chi connectivity index (χ1) is 9.16. The highest BCUT2D eigenvalue weighted by Gasteiger charge is 2.35. The minimum absolute atomic E-state index is 0.418. The molecule has 0 aromatic heterocycles. The Bertz CT molecular complexity index is 436. The van der Waals surface area contributed by atoms with Crippen molar-refractivity contribution in [2.24, 2.45) is 0 Å². The standard InChI is InChI=1S/C16H22BrNO/c17-15-6-2-1-5-14(15)12-9-13(10-12)18-11-16(19)7-3-4-8-16/h1-2,5-6,12-13,18-19H,3-4,7-11H2. The zero-order chi connectivity index (χ0) is 13.3. The van der Waals surface area contributed by atoms with E-state index < -0.39 is 5.60 Å². The number of nitrogens with one attached hydrogen (secondary N) is 1. The molecule has 1 aromatic carbocycles. The molecular weight excluding hydrogens is 302 g/mol. The van der Waals surface area contributed by atoms with Crippen molar-refractivity contribution in [3.63, 3.8) is 0 Å². The van der Waals surface area contributed by atoms with Crippen LogP contribution in [-0.4, -0.2) is 23.3 Å². The number of rotatable bonds is 4. The maximum atomic E-state index is 10.3.